The number of anilines is 1. The van der Waals surface area contributed by atoms with E-state index >= 15 is 0 Å². The number of hydrogen-bond donors (Lipinski definition) is 1. The summed E-state index contributed by atoms with van der Waals surface area (Å²) in [4.78, 5) is 12.1. The number of para-hydroxylation sites is 1. The molecule has 0 aromatic heterocycles. The van der Waals surface area contributed by atoms with Crippen molar-refractivity contribution in [2.75, 3.05) is 11.1 Å². The number of rotatable bonds is 4. The fourth-order valence-electron chi connectivity index (χ4n) is 3.16. The molecule has 1 aliphatic rings. The second-order valence-corrected chi connectivity index (χ2v) is 8.34. The van der Waals surface area contributed by atoms with Gasteiger partial charge in [-0.1, -0.05) is 18.2 Å². The molecule has 0 heterocycles. The standard InChI is InChI=1S/C18H17F2NO3S/c1-11-4-2-3-5-16(11)21-18(22)10-25(23,24)17-7-6-13-14(17)8-12(19)9-15(13)20/h2-5,8-9,17H,6-7,10H2,1H3,(H,21,22)/t17-/m0/s1. The maximum Gasteiger partial charge on any atom is 0.239 e. The van der Waals surface area contributed by atoms with E-state index in [1.54, 1.807) is 31.2 Å². The van der Waals surface area contributed by atoms with Gasteiger partial charge in [-0.3, -0.25) is 4.79 Å². The summed E-state index contributed by atoms with van der Waals surface area (Å²) < 4.78 is 52.5. The Bertz CT molecular complexity index is 941. The Hall–Kier alpha value is -2.28. The highest BCUT2D eigenvalue weighted by Crippen LogP contribution is 2.39. The maximum atomic E-state index is 13.8. The minimum atomic E-state index is -3.88. The molecular formula is C18H17F2NO3S. The van der Waals surface area contributed by atoms with Crippen LogP contribution < -0.4 is 5.32 Å². The number of amides is 1. The molecule has 0 aliphatic heterocycles. The van der Waals surface area contributed by atoms with E-state index in [-0.39, 0.29) is 24.0 Å². The smallest absolute Gasteiger partial charge is 0.239 e. The average Bonchev–Trinajstić information content (AvgIpc) is 2.94. The van der Waals surface area contributed by atoms with Crippen molar-refractivity contribution in [1.29, 1.82) is 0 Å². The van der Waals surface area contributed by atoms with Crippen LogP contribution in [0, 0.1) is 18.6 Å². The molecule has 0 spiro atoms. The molecular weight excluding hydrogens is 348 g/mol. The third-order valence-corrected chi connectivity index (χ3v) is 6.40. The fourth-order valence-corrected chi connectivity index (χ4v) is 4.87. The minimum absolute atomic E-state index is 0.126. The summed E-state index contributed by atoms with van der Waals surface area (Å²) in [5.74, 6) is -2.96. The summed E-state index contributed by atoms with van der Waals surface area (Å²) in [5, 5.41) is 1.51. The summed E-state index contributed by atoms with van der Waals surface area (Å²) in [7, 11) is -3.88. The first-order valence-electron chi connectivity index (χ1n) is 7.83. The number of halogens is 2. The first kappa shape index (κ1) is 17.5. The van der Waals surface area contributed by atoms with Crippen LogP contribution in [-0.4, -0.2) is 20.1 Å². The molecule has 1 N–H and O–H groups in total. The highest BCUT2D eigenvalue weighted by molar-refractivity contribution is 7.92. The molecule has 0 saturated carbocycles. The monoisotopic (exact) mass is 365 g/mol. The topological polar surface area (TPSA) is 63.2 Å². The number of carbonyl (C=O) groups is 1. The predicted octanol–water partition coefficient (Wildman–Crippen LogP) is 3.31. The lowest BCUT2D eigenvalue weighted by Gasteiger charge is -2.14. The number of aryl methyl sites for hydroxylation is 1. The quantitative estimate of drug-likeness (QED) is 0.904. The third kappa shape index (κ3) is 3.56. The lowest BCUT2D eigenvalue weighted by molar-refractivity contribution is -0.113. The van der Waals surface area contributed by atoms with Gasteiger partial charge in [0.25, 0.3) is 0 Å². The van der Waals surface area contributed by atoms with Crippen molar-refractivity contribution in [1.82, 2.24) is 0 Å². The summed E-state index contributed by atoms with van der Waals surface area (Å²) >= 11 is 0. The summed E-state index contributed by atoms with van der Waals surface area (Å²) in [6, 6.07) is 8.81. The highest BCUT2D eigenvalue weighted by atomic mass is 32.2. The Morgan fingerprint density at radius 2 is 1.96 bits per heavy atom. The van der Waals surface area contributed by atoms with Crippen molar-refractivity contribution < 1.29 is 22.0 Å². The van der Waals surface area contributed by atoms with Crippen molar-refractivity contribution >= 4 is 21.4 Å². The van der Waals surface area contributed by atoms with E-state index in [1.165, 1.54) is 0 Å². The molecule has 1 atom stereocenters. The lowest BCUT2D eigenvalue weighted by Crippen LogP contribution is -2.26. The van der Waals surface area contributed by atoms with Crippen LogP contribution in [0.15, 0.2) is 36.4 Å². The number of benzene rings is 2. The summed E-state index contributed by atoms with van der Waals surface area (Å²) in [5.41, 5.74) is 1.69. The van der Waals surface area contributed by atoms with Gasteiger partial charge in [0.1, 0.15) is 17.4 Å². The zero-order valence-corrected chi connectivity index (χ0v) is 14.4. The molecule has 2 aromatic rings. The van der Waals surface area contributed by atoms with Gasteiger partial charge in [0.2, 0.25) is 5.91 Å². The van der Waals surface area contributed by atoms with Crippen molar-refractivity contribution in [2.45, 2.75) is 25.0 Å². The second kappa shape index (κ2) is 6.55. The van der Waals surface area contributed by atoms with Crippen molar-refractivity contribution in [3.8, 4) is 0 Å². The maximum absolute atomic E-state index is 13.8. The van der Waals surface area contributed by atoms with Crippen molar-refractivity contribution in [3.05, 3.63) is 64.7 Å². The van der Waals surface area contributed by atoms with Crippen LogP contribution in [-0.2, 0) is 21.1 Å². The normalized spacial score (nSPS) is 16.5. The van der Waals surface area contributed by atoms with Gasteiger partial charge < -0.3 is 5.32 Å². The Balaban J connectivity index is 1.80. The van der Waals surface area contributed by atoms with Crippen LogP contribution in [0.5, 0.6) is 0 Å². The van der Waals surface area contributed by atoms with Gasteiger partial charge in [-0.25, -0.2) is 17.2 Å². The van der Waals surface area contributed by atoms with Gasteiger partial charge >= 0.3 is 0 Å². The molecule has 0 saturated heterocycles. The number of hydrogen-bond acceptors (Lipinski definition) is 3. The number of fused-ring (bicyclic) bond motifs is 1. The Morgan fingerprint density at radius 3 is 2.68 bits per heavy atom. The summed E-state index contributed by atoms with van der Waals surface area (Å²) in [6.07, 6.45) is 0.362. The van der Waals surface area contributed by atoms with Crippen LogP contribution in [0.25, 0.3) is 0 Å². The minimum Gasteiger partial charge on any atom is -0.325 e. The number of carbonyl (C=O) groups excluding carboxylic acids is 1. The van der Waals surface area contributed by atoms with E-state index in [0.717, 1.165) is 17.7 Å². The van der Waals surface area contributed by atoms with Crippen LogP contribution in [0.3, 0.4) is 0 Å². The van der Waals surface area contributed by atoms with E-state index in [2.05, 4.69) is 5.32 Å². The largest absolute Gasteiger partial charge is 0.325 e. The zero-order valence-electron chi connectivity index (χ0n) is 13.6. The van der Waals surface area contributed by atoms with E-state index in [1.807, 2.05) is 0 Å². The molecule has 132 valence electrons. The first-order valence-corrected chi connectivity index (χ1v) is 9.54. The zero-order chi connectivity index (χ0) is 18.2. The molecule has 4 nitrogen and oxygen atoms in total. The lowest BCUT2D eigenvalue weighted by atomic mass is 10.1. The van der Waals surface area contributed by atoms with Gasteiger partial charge in [-0.2, -0.15) is 0 Å². The van der Waals surface area contributed by atoms with Gasteiger partial charge in [0.15, 0.2) is 9.84 Å². The van der Waals surface area contributed by atoms with E-state index in [9.17, 15) is 22.0 Å². The molecule has 1 aliphatic carbocycles. The van der Waals surface area contributed by atoms with Gasteiger partial charge in [-0.15, -0.1) is 0 Å². The molecule has 1 amide bonds. The van der Waals surface area contributed by atoms with Crippen molar-refractivity contribution in [2.24, 2.45) is 0 Å². The number of nitrogens with one attached hydrogen (secondary N) is 1. The molecule has 0 unspecified atom stereocenters. The molecule has 0 fully saturated rings. The van der Waals surface area contributed by atoms with E-state index in [0.29, 0.717) is 5.69 Å². The van der Waals surface area contributed by atoms with Gasteiger partial charge in [-0.05, 0) is 48.6 Å². The van der Waals surface area contributed by atoms with Gasteiger partial charge in [0.05, 0.1) is 5.25 Å². The molecule has 3 rings (SSSR count). The SMILES string of the molecule is Cc1ccccc1NC(=O)CS(=O)(=O)[C@H]1CCc2c(F)cc(F)cc21. The highest BCUT2D eigenvalue weighted by Gasteiger charge is 2.36. The predicted molar refractivity (Wildman–Crippen MR) is 91.0 cm³/mol. The van der Waals surface area contributed by atoms with Crippen LogP contribution >= 0.6 is 0 Å². The van der Waals surface area contributed by atoms with Crippen molar-refractivity contribution in [3.63, 3.8) is 0 Å². The molecule has 0 radical (unpaired) electrons. The van der Waals surface area contributed by atoms with Crippen LogP contribution in [0.4, 0.5) is 14.5 Å². The van der Waals surface area contributed by atoms with Gasteiger partial charge in [0, 0.05) is 11.8 Å². The molecule has 7 heteroatoms. The molecule has 2 aromatic carbocycles. The summed E-state index contributed by atoms with van der Waals surface area (Å²) in [6.45, 7) is 1.79. The number of sulfone groups is 1. The first-order chi connectivity index (χ1) is 11.8. The third-order valence-electron chi connectivity index (χ3n) is 4.38. The van der Waals surface area contributed by atoms with E-state index in [4.69, 9.17) is 0 Å². The Labute approximate surface area is 144 Å². The fraction of sp³-hybridized carbons (Fsp3) is 0.278. The second-order valence-electron chi connectivity index (χ2n) is 6.15. The van der Waals surface area contributed by atoms with Crippen LogP contribution in [0.2, 0.25) is 0 Å². The molecule has 0 bridgehead atoms. The Morgan fingerprint density at radius 1 is 1.24 bits per heavy atom. The van der Waals surface area contributed by atoms with E-state index < -0.39 is 38.4 Å². The molecule has 25 heavy (non-hydrogen) atoms. The Kier molecular flexibility index (Phi) is 4.60. The average molecular weight is 365 g/mol. The van der Waals surface area contributed by atoms with Crippen LogP contribution in [0.1, 0.15) is 28.4 Å².